The third kappa shape index (κ3) is 1.74. The molecule has 2 N–H and O–H groups in total. The predicted octanol–water partition coefficient (Wildman–Crippen LogP) is 1.23. The third-order valence-electron chi connectivity index (χ3n) is 2.69. The molecule has 0 saturated heterocycles. The maximum Gasteiger partial charge on any atom is 0.250 e. The minimum absolute atomic E-state index is 0.0566. The summed E-state index contributed by atoms with van der Waals surface area (Å²) in [5.74, 6) is 0.694. The SMILES string of the molecule is Nc1ccc(=O)n(CC2CCC2)c1. The minimum atomic E-state index is 0.0566. The average molecular weight is 178 g/mol. The van der Waals surface area contributed by atoms with Gasteiger partial charge in [-0.05, 0) is 24.8 Å². The van der Waals surface area contributed by atoms with Crippen molar-refractivity contribution in [1.82, 2.24) is 4.57 Å². The molecule has 0 aromatic carbocycles. The Bertz CT molecular complexity index is 352. The van der Waals surface area contributed by atoms with Gasteiger partial charge in [-0.2, -0.15) is 0 Å². The highest BCUT2D eigenvalue weighted by atomic mass is 16.1. The van der Waals surface area contributed by atoms with E-state index in [2.05, 4.69) is 0 Å². The van der Waals surface area contributed by atoms with E-state index in [1.165, 1.54) is 25.3 Å². The van der Waals surface area contributed by atoms with Crippen molar-refractivity contribution in [1.29, 1.82) is 0 Å². The highest BCUT2D eigenvalue weighted by Gasteiger charge is 2.17. The first-order valence-corrected chi connectivity index (χ1v) is 4.71. The van der Waals surface area contributed by atoms with Crippen LogP contribution < -0.4 is 11.3 Å². The van der Waals surface area contributed by atoms with Gasteiger partial charge >= 0.3 is 0 Å². The van der Waals surface area contributed by atoms with Crippen LogP contribution in [0.1, 0.15) is 19.3 Å². The lowest BCUT2D eigenvalue weighted by atomic mass is 9.85. The summed E-state index contributed by atoms with van der Waals surface area (Å²) in [5, 5.41) is 0. The molecular formula is C10H14N2O. The summed E-state index contributed by atoms with van der Waals surface area (Å²) in [6.07, 6.45) is 5.55. The molecule has 70 valence electrons. The summed E-state index contributed by atoms with van der Waals surface area (Å²) < 4.78 is 1.72. The third-order valence-corrected chi connectivity index (χ3v) is 2.69. The summed E-state index contributed by atoms with van der Waals surface area (Å²) in [7, 11) is 0. The molecule has 1 aromatic rings. The van der Waals surface area contributed by atoms with Crippen molar-refractivity contribution in [3.8, 4) is 0 Å². The molecule has 3 nitrogen and oxygen atoms in total. The van der Waals surface area contributed by atoms with Gasteiger partial charge in [0.1, 0.15) is 0 Å². The Morgan fingerprint density at radius 2 is 2.23 bits per heavy atom. The zero-order chi connectivity index (χ0) is 9.26. The molecule has 0 amide bonds. The molecule has 1 fully saturated rings. The quantitative estimate of drug-likeness (QED) is 0.740. The largest absolute Gasteiger partial charge is 0.398 e. The van der Waals surface area contributed by atoms with E-state index in [4.69, 9.17) is 5.73 Å². The number of rotatable bonds is 2. The Balaban J connectivity index is 2.17. The Labute approximate surface area is 77.2 Å². The van der Waals surface area contributed by atoms with Crippen LogP contribution >= 0.6 is 0 Å². The fourth-order valence-electron chi connectivity index (χ4n) is 1.65. The number of anilines is 1. The van der Waals surface area contributed by atoms with Gasteiger partial charge in [-0.15, -0.1) is 0 Å². The van der Waals surface area contributed by atoms with Crippen LogP contribution in [0.4, 0.5) is 5.69 Å². The topological polar surface area (TPSA) is 48.0 Å². The predicted molar refractivity (Wildman–Crippen MR) is 52.5 cm³/mol. The molecule has 0 radical (unpaired) electrons. The molecule has 0 atom stereocenters. The van der Waals surface area contributed by atoms with Crippen LogP contribution in [0.2, 0.25) is 0 Å². The van der Waals surface area contributed by atoms with Gasteiger partial charge < -0.3 is 10.3 Å². The van der Waals surface area contributed by atoms with Crippen LogP contribution in [-0.4, -0.2) is 4.57 Å². The highest BCUT2D eigenvalue weighted by molar-refractivity contribution is 5.33. The lowest BCUT2D eigenvalue weighted by molar-refractivity contribution is 0.274. The molecule has 1 heterocycles. The van der Waals surface area contributed by atoms with Crippen LogP contribution in [0.15, 0.2) is 23.1 Å². The van der Waals surface area contributed by atoms with E-state index in [-0.39, 0.29) is 5.56 Å². The van der Waals surface area contributed by atoms with Gasteiger partial charge in [0.2, 0.25) is 0 Å². The number of hydrogen-bond donors (Lipinski definition) is 1. The van der Waals surface area contributed by atoms with Gasteiger partial charge in [-0.3, -0.25) is 4.79 Å². The molecule has 1 aromatic heterocycles. The number of nitrogens with two attached hydrogens (primary N) is 1. The molecule has 3 heteroatoms. The van der Waals surface area contributed by atoms with Gasteiger partial charge in [0.05, 0.1) is 0 Å². The van der Waals surface area contributed by atoms with E-state index in [0.717, 1.165) is 6.54 Å². The molecule has 0 spiro atoms. The second-order valence-corrected chi connectivity index (χ2v) is 3.75. The zero-order valence-corrected chi connectivity index (χ0v) is 7.57. The fourth-order valence-corrected chi connectivity index (χ4v) is 1.65. The first-order chi connectivity index (χ1) is 6.25. The Hall–Kier alpha value is -1.25. The van der Waals surface area contributed by atoms with Crippen molar-refractivity contribution in [3.05, 3.63) is 28.7 Å². The molecule has 0 aliphatic heterocycles. The number of hydrogen-bond acceptors (Lipinski definition) is 2. The lowest BCUT2D eigenvalue weighted by Crippen LogP contribution is -2.26. The van der Waals surface area contributed by atoms with Crippen molar-refractivity contribution in [2.24, 2.45) is 5.92 Å². The lowest BCUT2D eigenvalue weighted by Gasteiger charge is -2.25. The molecule has 0 unspecified atom stereocenters. The summed E-state index contributed by atoms with van der Waals surface area (Å²) in [6, 6.07) is 3.19. The minimum Gasteiger partial charge on any atom is -0.398 e. The monoisotopic (exact) mass is 178 g/mol. The Kier molecular flexibility index (Phi) is 2.08. The summed E-state index contributed by atoms with van der Waals surface area (Å²) in [6.45, 7) is 0.837. The molecule has 0 bridgehead atoms. The maximum absolute atomic E-state index is 11.4. The van der Waals surface area contributed by atoms with Gasteiger partial charge in [-0.25, -0.2) is 0 Å². The first-order valence-electron chi connectivity index (χ1n) is 4.71. The fraction of sp³-hybridized carbons (Fsp3) is 0.500. The van der Waals surface area contributed by atoms with Crippen molar-refractivity contribution < 1.29 is 0 Å². The number of nitrogen functional groups attached to an aromatic ring is 1. The molecule has 1 saturated carbocycles. The van der Waals surface area contributed by atoms with E-state index in [9.17, 15) is 4.79 Å². The second kappa shape index (κ2) is 3.24. The zero-order valence-electron chi connectivity index (χ0n) is 7.57. The van der Waals surface area contributed by atoms with Gasteiger partial charge in [-0.1, -0.05) is 6.42 Å². The van der Waals surface area contributed by atoms with Crippen LogP contribution in [0.3, 0.4) is 0 Å². The number of pyridine rings is 1. The standard InChI is InChI=1S/C10H14N2O/c11-9-4-5-10(13)12(7-9)6-8-2-1-3-8/h4-5,7-8H,1-3,6,11H2. The van der Waals surface area contributed by atoms with Crippen molar-refractivity contribution in [3.63, 3.8) is 0 Å². The average Bonchev–Trinajstić information content (AvgIpc) is 2.03. The van der Waals surface area contributed by atoms with Gasteiger partial charge in [0.25, 0.3) is 5.56 Å². The molecular weight excluding hydrogens is 164 g/mol. The van der Waals surface area contributed by atoms with Crippen LogP contribution in [0, 0.1) is 5.92 Å². The number of aromatic nitrogens is 1. The summed E-state index contributed by atoms with van der Waals surface area (Å²) >= 11 is 0. The van der Waals surface area contributed by atoms with E-state index in [1.807, 2.05) is 0 Å². The van der Waals surface area contributed by atoms with Gasteiger partial charge in [0, 0.05) is 24.5 Å². The van der Waals surface area contributed by atoms with Crippen molar-refractivity contribution in [2.45, 2.75) is 25.8 Å². The highest BCUT2D eigenvalue weighted by Crippen LogP contribution is 2.27. The number of nitrogens with zero attached hydrogens (tertiary/aromatic N) is 1. The second-order valence-electron chi connectivity index (χ2n) is 3.75. The van der Waals surface area contributed by atoms with Crippen LogP contribution in [-0.2, 0) is 6.54 Å². The smallest absolute Gasteiger partial charge is 0.250 e. The molecule has 1 aliphatic rings. The van der Waals surface area contributed by atoms with Crippen molar-refractivity contribution in [2.75, 3.05) is 5.73 Å². The Morgan fingerprint density at radius 1 is 1.46 bits per heavy atom. The van der Waals surface area contributed by atoms with Gasteiger partial charge in [0.15, 0.2) is 0 Å². The van der Waals surface area contributed by atoms with E-state index in [1.54, 1.807) is 16.8 Å². The van der Waals surface area contributed by atoms with E-state index in [0.29, 0.717) is 11.6 Å². The van der Waals surface area contributed by atoms with Crippen LogP contribution in [0.25, 0.3) is 0 Å². The Morgan fingerprint density at radius 3 is 2.85 bits per heavy atom. The van der Waals surface area contributed by atoms with E-state index < -0.39 is 0 Å². The van der Waals surface area contributed by atoms with Crippen molar-refractivity contribution >= 4 is 5.69 Å². The maximum atomic E-state index is 11.4. The summed E-state index contributed by atoms with van der Waals surface area (Å²) in [5.41, 5.74) is 6.33. The van der Waals surface area contributed by atoms with Crippen LogP contribution in [0.5, 0.6) is 0 Å². The van der Waals surface area contributed by atoms with E-state index >= 15 is 0 Å². The first kappa shape index (κ1) is 8.35. The molecule has 1 aliphatic carbocycles. The summed E-state index contributed by atoms with van der Waals surface area (Å²) in [4.78, 5) is 11.4. The normalized spacial score (nSPS) is 16.9. The molecule has 13 heavy (non-hydrogen) atoms. The molecule has 2 rings (SSSR count).